The first-order valence-corrected chi connectivity index (χ1v) is 10.1. The first kappa shape index (κ1) is 20.6. The Morgan fingerprint density at radius 1 is 0.929 bits per heavy atom. The van der Waals surface area contributed by atoms with Crippen LogP contribution in [0.2, 0.25) is 0 Å². The minimum absolute atomic E-state index is 0.0790. The van der Waals surface area contributed by atoms with E-state index >= 15 is 0 Å². The second-order valence-electron chi connectivity index (χ2n) is 7.21. The third-order valence-electron chi connectivity index (χ3n) is 5.08. The van der Waals surface area contributed by atoms with Gasteiger partial charge in [-0.05, 0) is 48.9 Å². The summed E-state index contributed by atoms with van der Waals surface area (Å²) in [7, 11) is 0. The third-order valence-corrected chi connectivity index (χ3v) is 5.08. The van der Waals surface area contributed by atoms with E-state index in [2.05, 4.69) is 31.2 Å². The smallest absolute Gasteiger partial charge is 0.204 e. The van der Waals surface area contributed by atoms with Gasteiger partial charge in [0.15, 0.2) is 11.5 Å². The first-order chi connectivity index (χ1) is 13.6. The first-order valence-electron chi connectivity index (χ1n) is 10.1. The highest BCUT2D eigenvalue weighted by Crippen LogP contribution is 2.32. The van der Waals surface area contributed by atoms with Gasteiger partial charge in [0, 0.05) is 5.92 Å². The average molecular weight is 390 g/mol. The maximum absolute atomic E-state index is 14.2. The van der Waals surface area contributed by atoms with Crippen LogP contribution in [0.1, 0.15) is 50.3 Å². The summed E-state index contributed by atoms with van der Waals surface area (Å²) in [6.45, 7) is 5.23. The normalized spacial score (nSPS) is 19.4. The summed E-state index contributed by atoms with van der Waals surface area (Å²) in [5, 5.41) is 0. The maximum atomic E-state index is 14.2. The van der Waals surface area contributed by atoms with Crippen LogP contribution in [-0.2, 0) is 11.2 Å². The SMILES string of the molecule is CCCOc1ccc(OCC2CCC(c3ccc(CC)cc3)OC2)c(F)c1F. The molecular formula is C23H28F2O3. The van der Waals surface area contributed by atoms with Crippen LogP contribution < -0.4 is 9.47 Å². The summed E-state index contributed by atoms with van der Waals surface area (Å²) in [6.07, 6.45) is 3.65. The highest BCUT2D eigenvalue weighted by atomic mass is 19.2. The number of aryl methyl sites for hydroxylation is 1. The molecule has 0 amide bonds. The maximum Gasteiger partial charge on any atom is 0.204 e. The van der Waals surface area contributed by atoms with Gasteiger partial charge in [-0.1, -0.05) is 38.1 Å². The predicted octanol–water partition coefficient (Wildman–Crippen LogP) is 5.86. The molecule has 3 rings (SSSR count). The minimum atomic E-state index is -1.00. The molecule has 0 spiro atoms. The summed E-state index contributed by atoms with van der Waals surface area (Å²) in [6, 6.07) is 11.4. The molecule has 1 aliphatic heterocycles. The lowest BCUT2D eigenvalue weighted by molar-refractivity contribution is -0.0289. The number of benzene rings is 2. The number of ether oxygens (including phenoxy) is 3. The fraction of sp³-hybridized carbons (Fsp3) is 0.478. The Balaban J connectivity index is 1.50. The monoisotopic (exact) mass is 390 g/mol. The Labute approximate surface area is 165 Å². The van der Waals surface area contributed by atoms with Gasteiger partial charge in [0.25, 0.3) is 0 Å². The number of rotatable bonds is 8. The van der Waals surface area contributed by atoms with Gasteiger partial charge >= 0.3 is 0 Å². The van der Waals surface area contributed by atoms with E-state index in [0.717, 1.165) is 25.7 Å². The van der Waals surface area contributed by atoms with Crippen LogP contribution in [0.3, 0.4) is 0 Å². The zero-order chi connectivity index (χ0) is 19.9. The van der Waals surface area contributed by atoms with E-state index in [9.17, 15) is 8.78 Å². The van der Waals surface area contributed by atoms with Crippen molar-refractivity contribution in [2.45, 2.75) is 45.6 Å². The van der Waals surface area contributed by atoms with Gasteiger partial charge in [-0.3, -0.25) is 0 Å². The van der Waals surface area contributed by atoms with Crippen LogP contribution in [0.4, 0.5) is 8.78 Å². The molecule has 2 aromatic rings. The van der Waals surface area contributed by atoms with E-state index in [4.69, 9.17) is 14.2 Å². The van der Waals surface area contributed by atoms with E-state index in [-0.39, 0.29) is 23.5 Å². The van der Waals surface area contributed by atoms with Crippen LogP contribution in [0.25, 0.3) is 0 Å². The second kappa shape index (κ2) is 9.87. The van der Waals surface area contributed by atoms with Crippen LogP contribution in [-0.4, -0.2) is 19.8 Å². The Bertz CT molecular complexity index is 753. The standard InChI is InChI=1S/C23H28F2O3/c1-3-13-26-20-11-12-21(23(25)22(20)24)28-15-17-7-10-19(27-14-17)18-8-5-16(4-2)6-9-18/h5-6,8-9,11-12,17,19H,3-4,7,10,13-15H2,1-2H3. The largest absolute Gasteiger partial charge is 0.490 e. The zero-order valence-corrected chi connectivity index (χ0v) is 16.5. The topological polar surface area (TPSA) is 27.7 Å². The quantitative estimate of drug-likeness (QED) is 0.565. The molecule has 1 aliphatic rings. The van der Waals surface area contributed by atoms with Crippen molar-refractivity contribution >= 4 is 0 Å². The summed E-state index contributed by atoms with van der Waals surface area (Å²) in [4.78, 5) is 0. The van der Waals surface area contributed by atoms with E-state index in [1.807, 2.05) is 6.92 Å². The van der Waals surface area contributed by atoms with Crippen molar-refractivity contribution in [1.29, 1.82) is 0 Å². The molecule has 28 heavy (non-hydrogen) atoms. The fourth-order valence-electron chi connectivity index (χ4n) is 3.32. The van der Waals surface area contributed by atoms with Crippen molar-refractivity contribution in [2.75, 3.05) is 19.8 Å². The summed E-state index contributed by atoms with van der Waals surface area (Å²) in [5.41, 5.74) is 2.50. The summed E-state index contributed by atoms with van der Waals surface area (Å²) >= 11 is 0. The van der Waals surface area contributed by atoms with Crippen molar-refractivity contribution in [3.63, 3.8) is 0 Å². The minimum Gasteiger partial charge on any atom is -0.490 e. The van der Waals surface area contributed by atoms with Crippen molar-refractivity contribution in [3.8, 4) is 11.5 Å². The molecule has 0 bridgehead atoms. The van der Waals surface area contributed by atoms with Crippen LogP contribution in [0.5, 0.6) is 11.5 Å². The molecule has 1 fully saturated rings. The van der Waals surface area contributed by atoms with Crippen molar-refractivity contribution in [1.82, 2.24) is 0 Å². The molecular weight excluding hydrogens is 362 g/mol. The number of hydrogen-bond donors (Lipinski definition) is 0. The average Bonchev–Trinajstić information content (AvgIpc) is 2.74. The zero-order valence-electron chi connectivity index (χ0n) is 16.5. The third kappa shape index (κ3) is 5.02. The van der Waals surface area contributed by atoms with Gasteiger partial charge < -0.3 is 14.2 Å². The van der Waals surface area contributed by atoms with Gasteiger partial charge in [0.1, 0.15) is 0 Å². The molecule has 3 nitrogen and oxygen atoms in total. The highest BCUT2D eigenvalue weighted by molar-refractivity contribution is 5.35. The lowest BCUT2D eigenvalue weighted by Gasteiger charge is -2.29. The molecule has 2 atom stereocenters. The molecule has 0 N–H and O–H groups in total. The molecule has 0 aliphatic carbocycles. The molecule has 0 radical (unpaired) electrons. The van der Waals surface area contributed by atoms with Crippen LogP contribution >= 0.6 is 0 Å². The van der Waals surface area contributed by atoms with E-state index in [1.54, 1.807) is 0 Å². The van der Waals surface area contributed by atoms with E-state index in [1.165, 1.54) is 23.3 Å². The highest BCUT2D eigenvalue weighted by Gasteiger charge is 2.24. The Kier molecular flexibility index (Phi) is 7.26. The molecule has 5 heteroatoms. The number of hydrogen-bond acceptors (Lipinski definition) is 3. The summed E-state index contributed by atoms with van der Waals surface area (Å²) < 4.78 is 44.9. The Morgan fingerprint density at radius 3 is 2.18 bits per heavy atom. The van der Waals surface area contributed by atoms with Crippen molar-refractivity contribution in [3.05, 3.63) is 59.2 Å². The van der Waals surface area contributed by atoms with E-state index in [0.29, 0.717) is 19.8 Å². The van der Waals surface area contributed by atoms with Gasteiger partial charge in [0.2, 0.25) is 11.6 Å². The lowest BCUT2D eigenvalue weighted by Crippen LogP contribution is -2.25. The van der Waals surface area contributed by atoms with Gasteiger partial charge in [-0.15, -0.1) is 0 Å². The predicted molar refractivity (Wildman–Crippen MR) is 105 cm³/mol. The Hall–Kier alpha value is -2.14. The van der Waals surface area contributed by atoms with Crippen molar-refractivity contribution < 1.29 is 23.0 Å². The van der Waals surface area contributed by atoms with Gasteiger partial charge in [0.05, 0.1) is 25.9 Å². The molecule has 152 valence electrons. The molecule has 2 unspecified atom stereocenters. The van der Waals surface area contributed by atoms with E-state index < -0.39 is 11.6 Å². The number of halogens is 2. The lowest BCUT2D eigenvalue weighted by atomic mass is 9.94. The second-order valence-corrected chi connectivity index (χ2v) is 7.21. The molecule has 1 saturated heterocycles. The van der Waals surface area contributed by atoms with Crippen LogP contribution in [0.15, 0.2) is 36.4 Å². The van der Waals surface area contributed by atoms with Crippen LogP contribution in [0, 0.1) is 17.6 Å². The molecule has 0 aromatic heterocycles. The Morgan fingerprint density at radius 2 is 1.61 bits per heavy atom. The summed E-state index contributed by atoms with van der Waals surface area (Å²) in [5.74, 6) is -2.01. The molecule has 0 saturated carbocycles. The van der Waals surface area contributed by atoms with Gasteiger partial charge in [-0.2, -0.15) is 8.78 Å². The molecule has 2 aromatic carbocycles. The van der Waals surface area contributed by atoms with Gasteiger partial charge in [-0.25, -0.2) is 0 Å². The fourth-order valence-corrected chi connectivity index (χ4v) is 3.32. The van der Waals surface area contributed by atoms with Crippen molar-refractivity contribution in [2.24, 2.45) is 5.92 Å². The molecule has 1 heterocycles.